The van der Waals surface area contributed by atoms with Crippen LogP contribution in [0.5, 0.6) is 28.7 Å². The van der Waals surface area contributed by atoms with Gasteiger partial charge < -0.3 is 24.1 Å². The number of phenolic OH excluding ortho intramolecular Hbond substituents is 1. The molecule has 0 saturated heterocycles. The van der Waals surface area contributed by atoms with Crippen molar-refractivity contribution in [2.75, 3.05) is 21.3 Å². The van der Waals surface area contributed by atoms with Crippen LogP contribution in [0.4, 0.5) is 0 Å². The molecule has 1 N–H and O–H groups in total. The summed E-state index contributed by atoms with van der Waals surface area (Å²) < 4.78 is 22.1. The van der Waals surface area contributed by atoms with Gasteiger partial charge in [-0.3, -0.25) is 0 Å². The van der Waals surface area contributed by atoms with Crippen molar-refractivity contribution >= 4 is 0 Å². The summed E-state index contributed by atoms with van der Waals surface area (Å²) in [5.41, 5.74) is 2.02. The monoisotopic (exact) mass is 316 g/mol. The predicted octanol–water partition coefficient (Wildman–Crippen LogP) is 3.48. The molecule has 5 heteroatoms. The van der Waals surface area contributed by atoms with Crippen molar-refractivity contribution in [1.29, 1.82) is 0 Å². The Morgan fingerprint density at radius 1 is 1.00 bits per heavy atom. The number of hydrogen-bond donors (Lipinski definition) is 1. The molecule has 0 saturated carbocycles. The number of rotatable bonds is 4. The topological polar surface area (TPSA) is 57.2 Å². The molecule has 122 valence electrons. The lowest BCUT2D eigenvalue weighted by molar-refractivity contribution is 0.173. The zero-order chi connectivity index (χ0) is 16.4. The van der Waals surface area contributed by atoms with Gasteiger partial charge in [-0.05, 0) is 30.5 Å². The van der Waals surface area contributed by atoms with Gasteiger partial charge in [0.05, 0.1) is 21.3 Å². The Morgan fingerprint density at radius 3 is 2.48 bits per heavy atom. The molecular weight excluding hydrogens is 296 g/mol. The number of ether oxygens (including phenoxy) is 4. The fourth-order valence-electron chi connectivity index (χ4n) is 2.86. The van der Waals surface area contributed by atoms with Crippen molar-refractivity contribution in [2.24, 2.45) is 0 Å². The lowest BCUT2D eigenvalue weighted by Gasteiger charge is -2.28. The van der Waals surface area contributed by atoms with Gasteiger partial charge in [-0.1, -0.05) is 6.07 Å². The van der Waals surface area contributed by atoms with Crippen LogP contribution in [-0.2, 0) is 6.42 Å². The molecule has 23 heavy (non-hydrogen) atoms. The number of phenols is 1. The predicted molar refractivity (Wildman–Crippen MR) is 85.9 cm³/mol. The van der Waals surface area contributed by atoms with Crippen LogP contribution >= 0.6 is 0 Å². The van der Waals surface area contributed by atoms with Crippen molar-refractivity contribution in [3.8, 4) is 28.7 Å². The summed E-state index contributed by atoms with van der Waals surface area (Å²) in [5.74, 6) is 2.81. The van der Waals surface area contributed by atoms with Crippen LogP contribution in [0.3, 0.4) is 0 Å². The summed E-state index contributed by atoms with van der Waals surface area (Å²) in [6.45, 7) is 0. The second-order valence-electron chi connectivity index (χ2n) is 5.38. The minimum Gasteiger partial charge on any atom is -0.504 e. The van der Waals surface area contributed by atoms with Gasteiger partial charge in [-0.2, -0.15) is 0 Å². The molecule has 0 aliphatic carbocycles. The van der Waals surface area contributed by atoms with E-state index in [9.17, 15) is 5.11 Å². The van der Waals surface area contributed by atoms with E-state index in [0.717, 1.165) is 35.5 Å². The van der Waals surface area contributed by atoms with Crippen molar-refractivity contribution in [3.63, 3.8) is 0 Å². The van der Waals surface area contributed by atoms with E-state index in [-0.39, 0.29) is 11.9 Å². The SMILES string of the molecule is COc1cc(OC)c2c(c1)OC(c1ccc(O)c(OC)c1)CC2. The Morgan fingerprint density at radius 2 is 1.78 bits per heavy atom. The first-order valence-corrected chi connectivity index (χ1v) is 7.44. The standard InChI is InChI=1S/C18H20O5/c1-20-12-9-16(21-2)13-5-7-15(23-17(13)10-12)11-4-6-14(19)18(8-11)22-3/h4,6,8-10,15,19H,5,7H2,1-3H3. The molecule has 2 aromatic carbocycles. The number of benzene rings is 2. The molecular formula is C18H20O5. The lowest BCUT2D eigenvalue weighted by Crippen LogP contribution is -2.16. The first-order chi connectivity index (χ1) is 11.2. The highest BCUT2D eigenvalue weighted by atomic mass is 16.5. The fraction of sp³-hybridized carbons (Fsp3) is 0.333. The van der Waals surface area contributed by atoms with Crippen molar-refractivity contribution < 1.29 is 24.1 Å². The molecule has 1 heterocycles. The van der Waals surface area contributed by atoms with Crippen molar-refractivity contribution in [1.82, 2.24) is 0 Å². The second kappa shape index (κ2) is 6.28. The Hall–Kier alpha value is -2.56. The quantitative estimate of drug-likeness (QED) is 0.936. The van der Waals surface area contributed by atoms with Gasteiger partial charge in [-0.15, -0.1) is 0 Å². The minimum absolute atomic E-state index is 0.103. The van der Waals surface area contributed by atoms with E-state index < -0.39 is 0 Å². The minimum atomic E-state index is -0.103. The Bertz CT molecular complexity index is 711. The molecule has 5 nitrogen and oxygen atoms in total. The summed E-state index contributed by atoms with van der Waals surface area (Å²) in [6, 6.07) is 9.03. The van der Waals surface area contributed by atoms with Gasteiger partial charge in [-0.25, -0.2) is 0 Å². The van der Waals surface area contributed by atoms with Crippen LogP contribution in [0.2, 0.25) is 0 Å². The van der Waals surface area contributed by atoms with Gasteiger partial charge in [0, 0.05) is 17.7 Å². The van der Waals surface area contributed by atoms with E-state index in [4.69, 9.17) is 18.9 Å². The van der Waals surface area contributed by atoms with Crippen molar-refractivity contribution in [3.05, 3.63) is 41.5 Å². The lowest BCUT2D eigenvalue weighted by atomic mass is 9.96. The molecule has 3 rings (SSSR count). The first kappa shape index (κ1) is 15.3. The summed E-state index contributed by atoms with van der Waals surface area (Å²) >= 11 is 0. The fourth-order valence-corrected chi connectivity index (χ4v) is 2.86. The molecule has 1 aliphatic rings. The second-order valence-corrected chi connectivity index (χ2v) is 5.38. The van der Waals surface area contributed by atoms with E-state index in [1.165, 1.54) is 7.11 Å². The van der Waals surface area contributed by atoms with Gasteiger partial charge in [0.25, 0.3) is 0 Å². The maximum absolute atomic E-state index is 9.73. The number of aromatic hydroxyl groups is 1. The third kappa shape index (κ3) is 2.86. The van der Waals surface area contributed by atoms with E-state index in [2.05, 4.69) is 0 Å². The zero-order valence-corrected chi connectivity index (χ0v) is 13.5. The molecule has 0 bridgehead atoms. The van der Waals surface area contributed by atoms with Crippen LogP contribution in [0.15, 0.2) is 30.3 Å². The molecule has 0 amide bonds. The van der Waals surface area contributed by atoms with Crippen LogP contribution < -0.4 is 18.9 Å². The normalized spacial score (nSPS) is 16.2. The van der Waals surface area contributed by atoms with E-state index >= 15 is 0 Å². The summed E-state index contributed by atoms with van der Waals surface area (Å²) in [5, 5.41) is 9.73. The van der Waals surface area contributed by atoms with E-state index in [1.54, 1.807) is 20.3 Å². The molecule has 2 aromatic rings. The largest absolute Gasteiger partial charge is 0.504 e. The Labute approximate surface area is 135 Å². The molecule has 0 fully saturated rings. The number of fused-ring (bicyclic) bond motifs is 1. The van der Waals surface area contributed by atoms with Crippen LogP contribution in [-0.4, -0.2) is 26.4 Å². The van der Waals surface area contributed by atoms with Gasteiger partial charge in [0.1, 0.15) is 23.4 Å². The molecule has 0 aromatic heterocycles. The van der Waals surface area contributed by atoms with Crippen LogP contribution in [0.1, 0.15) is 23.7 Å². The summed E-state index contributed by atoms with van der Waals surface area (Å²) in [6.07, 6.45) is 1.56. The maximum atomic E-state index is 9.73. The Kier molecular flexibility index (Phi) is 4.19. The molecule has 0 spiro atoms. The summed E-state index contributed by atoms with van der Waals surface area (Å²) in [4.78, 5) is 0. The average molecular weight is 316 g/mol. The molecule has 0 radical (unpaired) electrons. The third-order valence-electron chi connectivity index (χ3n) is 4.10. The van der Waals surface area contributed by atoms with Crippen LogP contribution in [0, 0.1) is 0 Å². The molecule has 1 aliphatic heterocycles. The van der Waals surface area contributed by atoms with Crippen molar-refractivity contribution in [2.45, 2.75) is 18.9 Å². The smallest absolute Gasteiger partial charge is 0.160 e. The summed E-state index contributed by atoms with van der Waals surface area (Å²) in [7, 11) is 4.80. The highest BCUT2D eigenvalue weighted by molar-refractivity contribution is 5.52. The zero-order valence-electron chi connectivity index (χ0n) is 13.5. The van der Waals surface area contributed by atoms with E-state index in [1.807, 2.05) is 24.3 Å². The average Bonchev–Trinajstić information content (AvgIpc) is 2.60. The van der Waals surface area contributed by atoms with Crippen LogP contribution in [0.25, 0.3) is 0 Å². The molecule has 1 atom stereocenters. The van der Waals surface area contributed by atoms with Gasteiger partial charge in [0.2, 0.25) is 0 Å². The number of hydrogen-bond acceptors (Lipinski definition) is 5. The number of methoxy groups -OCH3 is 3. The first-order valence-electron chi connectivity index (χ1n) is 7.44. The Balaban J connectivity index is 1.93. The van der Waals surface area contributed by atoms with Gasteiger partial charge >= 0.3 is 0 Å². The highest BCUT2D eigenvalue weighted by Gasteiger charge is 2.25. The maximum Gasteiger partial charge on any atom is 0.160 e. The highest BCUT2D eigenvalue weighted by Crippen LogP contribution is 2.43. The third-order valence-corrected chi connectivity index (χ3v) is 4.10. The van der Waals surface area contributed by atoms with E-state index in [0.29, 0.717) is 11.5 Å². The van der Waals surface area contributed by atoms with Gasteiger partial charge in [0.15, 0.2) is 11.5 Å². The molecule has 1 unspecified atom stereocenters.